The zero-order valence-electron chi connectivity index (χ0n) is 13.7. The quantitative estimate of drug-likeness (QED) is 0.801. The molecule has 0 radical (unpaired) electrons. The maximum Gasteiger partial charge on any atom is 0.260 e. The maximum atomic E-state index is 13.2. The second-order valence-electron chi connectivity index (χ2n) is 6.11. The molecule has 1 aromatic rings. The van der Waals surface area contributed by atoms with E-state index in [-0.39, 0.29) is 23.1 Å². The first kappa shape index (κ1) is 16.9. The van der Waals surface area contributed by atoms with Crippen molar-refractivity contribution in [3.8, 4) is 0 Å². The highest BCUT2D eigenvalue weighted by molar-refractivity contribution is 7.89. The summed E-state index contributed by atoms with van der Waals surface area (Å²) in [7, 11) is -1.88. The lowest BCUT2D eigenvalue weighted by atomic mass is 9.96. The van der Waals surface area contributed by atoms with Gasteiger partial charge in [0.15, 0.2) is 5.03 Å². The molecule has 2 aliphatic rings. The fourth-order valence-electron chi connectivity index (χ4n) is 3.83. The summed E-state index contributed by atoms with van der Waals surface area (Å²) < 4.78 is 40.6. The SMILES string of the molecule is CCn1nccc1S(=O)(=O)N1CCOC[C@@H]1[C@H]1CCC[C@@H]1OC. The number of morpholine rings is 1. The van der Waals surface area contributed by atoms with Crippen LogP contribution in [0.25, 0.3) is 0 Å². The number of hydrogen-bond acceptors (Lipinski definition) is 5. The van der Waals surface area contributed by atoms with Gasteiger partial charge in [-0.2, -0.15) is 9.40 Å². The molecular weight excluding hydrogens is 318 g/mol. The van der Waals surface area contributed by atoms with Crippen LogP contribution in [0.2, 0.25) is 0 Å². The fourth-order valence-corrected chi connectivity index (χ4v) is 5.63. The fraction of sp³-hybridized carbons (Fsp3) is 0.800. The topological polar surface area (TPSA) is 73.7 Å². The second kappa shape index (κ2) is 6.88. The minimum absolute atomic E-state index is 0.107. The van der Waals surface area contributed by atoms with Crippen molar-refractivity contribution < 1.29 is 17.9 Å². The van der Waals surface area contributed by atoms with Crippen LogP contribution >= 0.6 is 0 Å². The van der Waals surface area contributed by atoms with Crippen molar-refractivity contribution in [2.45, 2.75) is 49.9 Å². The summed E-state index contributed by atoms with van der Waals surface area (Å²) in [4.78, 5) is 0. The normalized spacial score (nSPS) is 29.9. The Morgan fingerprint density at radius 2 is 2.26 bits per heavy atom. The molecule has 1 aromatic heterocycles. The summed E-state index contributed by atoms with van der Waals surface area (Å²) in [5.74, 6) is 0.188. The van der Waals surface area contributed by atoms with Gasteiger partial charge in [0, 0.05) is 26.1 Å². The van der Waals surface area contributed by atoms with Crippen LogP contribution in [0.3, 0.4) is 0 Å². The lowest BCUT2D eigenvalue weighted by Gasteiger charge is -2.39. The number of rotatable bonds is 5. The van der Waals surface area contributed by atoms with E-state index in [0.29, 0.717) is 26.3 Å². The Labute approximate surface area is 137 Å². The van der Waals surface area contributed by atoms with E-state index in [1.807, 2.05) is 6.92 Å². The van der Waals surface area contributed by atoms with Crippen LogP contribution < -0.4 is 0 Å². The molecule has 1 saturated heterocycles. The van der Waals surface area contributed by atoms with Gasteiger partial charge in [0.05, 0.1) is 31.6 Å². The van der Waals surface area contributed by atoms with Gasteiger partial charge in [-0.3, -0.25) is 4.68 Å². The van der Waals surface area contributed by atoms with Gasteiger partial charge in [0.25, 0.3) is 10.0 Å². The molecule has 3 atom stereocenters. The Kier molecular flexibility index (Phi) is 5.05. The van der Waals surface area contributed by atoms with Crippen LogP contribution in [0, 0.1) is 5.92 Å². The predicted octanol–water partition coefficient (Wildman–Crippen LogP) is 1.11. The molecule has 1 aliphatic carbocycles. The molecule has 0 bridgehead atoms. The van der Waals surface area contributed by atoms with Gasteiger partial charge >= 0.3 is 0 Å². The molecule has 0 unspecified atom stereocenters. The van der Waals surface area contributed by atoms with Crippen molar-refractivity contribution in [3.05, 3.63) is 12.3 Å². The zero-order chi connectivity index (χ0) is 16.4. The second-order valence-corrected chi connectivity index (χ2v) is 7.95. The van der Waals surface area contributed by atoms with Crippen LogP contribution in [0.5, 0.6) is 0 Å². The number of sulfonamides is 1. The lowest BCUT2D eigenvalue weighted by Crippen LogP contribution is -2.53. The Morgan fingerprint density at radius 1 is 1.43 bits per heavy atom. The number of aromatic nitrogens is 2. The lowest BCUT2D eigenvalue weighted by molar-refractivity contribution is -0.0261. The van der Waals surface area contributed by atoms with Gasteiger partial charge < -0.3 is 9.47 Å². The summed E-state index contributed by atoms with van der Waals surface area (Å²) in [6.45, 7) is 3.67. The molecule has 7 nitrogen and oxygen atoms in total. The maximum absolute atomic E-state index is 13.2. The average Bonchev–Trinajstić information content (AvgIpc) is 3.23. The molecule has 2 fully saturated rings. The smallest absolute Gasteiger partial charge is 0.260 e. The van der Waals surface area contributed by atoms with Gasteiger partial charge in [-0.15, -0.1) is 0 Å². The van der Waals surface area contributed by atoms with E-state index >= 15 is 0 Å². The number of methoxy groups -OCH3 is 1. The van der Waals surface area contributed by atoms with E-state index in [9.17, 15) is 8.42 Å². The third-order valence-corrected chi connectivity index (χ3v) is 6.91. The molecular formula is C15H25N3O4S. The summed E-state index contributed by atoms with van der Waals surface area (Å²) in [5.41, 5.74) is 0. The van der Waals surface area contributed by atoms with Gasteiger partial charge in [0.2, 0.25) is 0 Å². The van der Waals surface area contributed by atoms with Gasteiger partial charge in [0.1, 0.15) is 0 Å². The van der Waals surface area contributed by atoms with E-state index in [2.05, 4.69) is 5.10 Å². The van der Waals surface area contributed by atoms with Crippen LogP contribution in [-0.4, -0.2) is 61.5 Å². The van der Waals surface area contributed by atoms with Crippen molar-refractivity contribution in [3.63, 3.8) is 0 Å². The van der Waals surface area contributed by atoms with Gasteiger partial charge in [-0.05, 0) is 25.8 Å². The molecule has 23 heavy (non-hydrogen) atoms. The minimum atomic E-state index is -3.58. The predicted molar refractivity (Wildman–Crippen MR) is 84.5 cm³/mol. The molecule has 0 amide bonds. The Hall–Kier alpha value is -0.960. The molecule has 1 aliphatic heterocycles. The van der Waals surface area contributed by atoms with Crippen molar-refractivity contribution in [1.29, 1.82) is 0 Å². The standard InChI is InChI=1S/C15H25N3O4S/c1-3-17-15(7-8-16-17)23(19,20)18-9-10-22-11-13(18)12-5-4-6-14(12)21-2/h7-8,12-14H,3-6,9-11H2,1-2H3/t12-,13-,14+/m1/s1. The third-order valence-electron chi connectivity index (χ3n) is 4.97. The largest absolute Gasteiger partial charge is 0.381 e. The Morgan fingerprint density at radius 3 is 3.00 bits per heavy atom. The molecule has 0 N–H and O–H groups in total. The van der Waals surface area contributed by atoms with Crippen molar-refractivity contribution in [2.75, 3.05) is 26.9 Å². The van der Waals surface area contributed by atoms with Crippen LogP contribution in [0.1, 0.15) is 26.2 Å². The summed E-state index contributed by atoms with van der Waals surface area (Å²) >= 11 is 0. The first-order valence-corrected chi connectivity index (χ1v) is 9.67. The average molecular weight is 343 g/mol. The molecule has 2 heterocycles. The number of nitrogens with zero attached hydrogens (tertiary/aromatic N) is 3. The van der Waals surface area contributed by atoms with Crippen LogP contribution in [0.15, 0.2) is 17.3 Å². The van der Waals surface area contributed by atoms with E-state index in [1.165, 1.54) is 4.68 Å². The number of hydrogen-bond donors (Lipinski definition) is 0. The first-order valence-electron chi connectivity index (χ1n) is 8.23. The van der Waals surface area contributed by atoms with Crippen LogP contribution in [-0.2, 0) is 26.0 Å². The zero-order valence-corrected chi connectivity index (χ0v) is 14.5. The summed E-state index contributed by atoms with van der Waals surface area (Å²) in [6.07, 6.45) is 4.68. The number of ether oxygens (including phenoxy) is 2. The molecule has 8 heteroatoms. The summed E-state index contributed by atoms with van der Waals surface area (Å²) in [6, 6.07) is 1.41. The van der Waals surface area contributed by atoms with Crippen molar-refractivity contribution in [2.24, 2.45) is 5.92 Å². The minimum Gasteiger partial charge on any atom is -0.381 e. The van der Waals surface area contributed by atoms with Crippen molar-refractivity contribution >= 4 is 10.0 Å². The van der Waals surface area contributed by atoms with Gasteiger partial charge in [-0.1, -0.05) is 6.42 Å². The molecule has 0 spiro atoms. The van der Waals surface area contributed by atoms with Crippen LogP contribution in [0.4, 0.5) is 0 Å². The first-order chi connectivity index (χ1) is 11.1. The summed E-state index contributed by atoms with van der Waals surface area (Å²) in [5, 5.41) is 4.37. The highest BCUT2D eigenvalue weighted by Crippen LogP contribution is 2.36. The molecule has 3 rings (SSSR count). The molecule has 0 aromatic carbocycles. The third kappa shape index (κ3) is 3.05. The van der Waals surface area contributed by atoms with E-state index in [4.69, 9.17) is 9.47 Å². The highest BCUT2D eigenvalue weighted by Gasteiger charge is 2.44. The van der Waals surface area contributed by atoms with Crippen molar-refractivity contribution in [1.82, 2.24) is 14.1 Å². The Bertz CT molecular complexity index is 630. The van der Waals surface area contributed by atoms with Gasteiger partial charge in [-0.25, -0.2) is 8.42 Å². The monoisotopic (exact) mass is 343 g/mol. The number of aryl methyl sites for hydroxylation is 1. The molecule has 130 valence electrons. The van der Waals surface area contributed by atoms with E-state index in [1.54, 1.807) is 23.7 Å². The highest BCUT2D eigenvalue weighted by atomic mass is 32.2. The van der Waals surface area contributed by atoms with E-state index in [0.717, 1.165) is 19.3 Å². The molecule has 1 saturated carbocycles. The Balaban J connectivity index is 1.92. The van der Waals surface area contributed by atoms with E-state index < -0.39 is 10.0 Å².